The number of carbonyl (C=O) groups is 1. The molecule has 0 fully saturated rings. The molecule has 0 saturated heterocycles. The monoisotopic (exact) mass is 254 g/mol. The van der Waals surface area contributed by atoms with Crippen molar-refractivity contribution in [2.24, 2.45) is 0 Å². The third-order valence-corrected chi connectivity index (χ3v) is 1.71. The molecule has 96 valence electrons. The maximum Gasteiger partial charge on any atom is 0.247 e. The molecular formula is C10H19ClO5. The van der Waals surface area contributed by atoms with Gasteiger partial charge < -0.3 is 18.9 Å². The highest BCUT2D eigenvalue weighted by atomic mass is 35.5. The topological polar surface area (TPSA) is 54.0 Å². The molecule has 0 spiro atoms. The summed E-state index contributed by atoms with van der Waals surface area (Å²) in [7, 11) is 1.63. The van der Waals surface area contributed by atoms with Crippen LogP contribution in [0.5, 0.6) is 0 Å². The van der Waals surface area contributed by atoms with Gasteiger partial charge >= 0.3 is 0 Å². The van der Waals surface area contributed by atoms with E-state index in [1.165, 1.54) is 0 Å². The molecule has 0 unspecified atom stereocenters. The van der Waals surface area contributed by atoms with Crippen LogP contribution in [0.4, 0.5) is 0 Å². The van der Waals surface area contributed by atoms with E-state index in [1.54, 1.807) is 7.11 Å². The standard InChI is InChI=1S/C10H19ClO5/c1-13-5-6-15-8-7-14-3-2-4-16-9-10(11)12/h2-9H2,1H3. The van der Waals surface area contributed by atoms with E-state index in [0.717, 1.165) is 6.42 Å². The highest BCUT2D eigenvalue weighted by Crippen LogP contribution is 1.88. The van der Waals surface area contributed by atoms with Crippen molar-refractivity contribution in [1.82, 2.24) is 0 Å². The lowest BCUT2D eigenvalue weighted by molar-refractivity contribution is -0.116. The predicted octanol–water partition coefficient (Wildman–Crippen LogP) is 0.838. The molecule has 0 radical (unpaired) electrons. The summed E-state index contributed by atoms with van der Waals surface area (Å²) in [5.74, 6) is 0. The Kier molecular flexibility index (Phi) is 12.7. The molecule has 0 aliphatic rings. The molecule has 0 aromatic heterocycles. The van der Waals surface area contributed by atoms with Crippen LogP contribution >= 0.6 is 11.6 Å². The van der Waals surface area contributed by atoms with E-state index in [9.17, 15) is 4.79 Å². The molecule has 0 heterocycles. The Balaban J connectivity index is 2.90. The summed E-state index contributed by atoms with van der Waals surface area (Å²) in [4.78, 5) is 10.3. The van der Waals surface area contributed by atoms with Gasteiger partial charge in [0.25, 0.3) is 0 Å². The number of hydrogen-bond donors (Lipinski definition) is 0. The average molecular weight is 255 g/mol. The van der Waals surface area contributed by atoms with E-state index in [4.69, 9.17) is 30.5 Å². The third-order valence-electron chi connectivity index (χ3n) is 1.60. The van der Waals surface area contributed by atoms with Gasteiger partial charge in [0.1, 0.15) is 6.61 Å². The van der Waals surface area contributed by atoms with Crippen LogP contribution in [0.1, 0.15) is 6.42 Å². The fourth-order valence-electron chi connectivity index (χ4n) is 0.880. The van der Waals surface area contributed by atoms with E-state index in [0.29, 0.717) is 39.6 Å². The van der Waals surface area contributed by atoms with Crippen molar-refractivity contribution >= 4 is 16.8 Å². The summed E-state index contributed by atoms with van der Waals surface area (Å²) < 4.78 is 20.2. The lowest BCUT2D eigenvalue weighted by atomic mass is 10.5. The SMILES string of the molecule is COCCOCCOCCCOCC(=O)Cl. The minimum absolute atomic E-state index is 0.0400. The largest absolute Gasteiger partial charge is 0.382 e. The normalized spacial score (nSPS) is 10.6. The summed E-state index contributed by atoms with van der Waals surface area (Å²) in [6.07, 6.45) is 0.738. The molecule has 0 amide bonds. The second kappa shape index (κ2) is 12.9. The van der Waals surface area contributed by atoms with Crippen molar-refractivity contribution in [3.63, 3.8) is 0 Å². The number of rotatable bonds is 12. The highest BCUT2D eigenvalue weighted by Gasteiger charge is 1.95. The fourth-order valence-corrected chi connectivity index (χ4v) is 0.957. The average Bonchev–Trinajstić information content (AvgIpc) is 2.25. The van der Waals surface area contributed by atoms with E-state index in [2.05, 4.69) is 0 Å². The molecule has 0 N–H and O–H groups in total. The minimum atomic E-state index is -0.479. The van der Waals surface area contributed by atoms with Gasteiger partial charge in [0.05, 0.1) is 26.4 Å². The third kappa shape index (κ3) is 13.8. The Hall–Kier alpha value is -0.200. The van der Waals surface area contributed by atoms with Gasteiger partial charge in [-0.25, -0.2) is 0 Å². The molecular weight excluding hydrogens is 236 g/mol. The van der Waals surface area contributed by atoms with Crippen molar-refractivity contribution in [3.05, 3.63) is 0 Å². The zero-order valence-electron chi connectivity index (χ0n) is 9.58. The Morgan fingerprint density at radius 3 is 2.12 bits per heavy atom. The molecule has 0 aliphatic carbocycles. The fraction of sp³-hybridized carbons (Fsp3) is 0.900. The van der Waals surface area contributed by atoms with Crippen LogP contribution in [0.25, 0.3) is 0 Å². The highest BCUT2D eigenvalue weighted by molar-refractivity contribution is 6.63. The summed E-state index contributed by atoms with van der Waals surface area (Å²) in [5.41, 5.74) is 0. The molecule has 0 aromatic rings. The summed E-state index contributed by atoms with van der Waals surface area (Å²) in [6.45, 7) is 3.32. The number of carbonyl (C=O) groups excluding carboxylic acids is 1. The first-order valence-electron chi connectivity index (χ1n) is 5.18. The van der Waals surface area contributed by atoms with Gasteiger partial charge in [-0.1, -0.05) is 0 Å². The predicted molar refractivity (Wildman–Crippen MR) is 59.8 cm³/mol. The lowest BCUT2D eigenvalue weighted by Crippen LogP contribution is -2.10. The molecule has 6 heteroatoms. The molecule has 16 heavy (non-hydrogen) atoms. The van der Waals surface area contributed by atoms with Crippen LogP contribution in [-0.2, 0) is 23.7 Å². The van der Waals surface area contributed by atoms with Crippen molar-refractivity contribution in [2.45, 2.75) is 6.42 Å². The van der Waals surface area contributed by atoms with Gasteiger partial charge in [0.15, 0.2) is 0 Å². The number of hydrogen-bond acceptors (Lipinski definition) is 5. The zero-order valence-corrected chi connectivity index (χ0v) is 10.3. The molecule has 0 rings (SSSR count). The van der Waals surface area contributed by atoms with Crippen molar-refractivity contribution in [2.75, 3.05) is 53.4 Å². The van der Waals surface area contributed by atoms with Crippen molar-refractivity contribution in [1.29, 1.82) is 0 Å². The maximum atomic E-state index is 10.3. The Morgan fingerprint density at radius 2 is 1.50 bits per heavy atom. The summed E-state index contributed by atoms with van der Waals surface area (Å²) in [6, 6.07) is 0. The van der Waals surface area contributed by atoms with Gasteiger partial charge in [0, 0.05) is 20.3 Å². The number of methoxy groups -OCH3 is 1. The van der Waals surface area contributed by atoms with Crippen LogP contribution in [0.15, 0.2) is 0 Å². The van der Waals surface area contributed by atoms with Crippen molar-refractivity contribution in [3.8, 4) is 0 Å². The Labute approximate surface area is 101 Å². The van der Waals surface area contributed by atoms with Crippen LogP contribution < -0.4 is 0 Å². The zero-order chi connectivity index (χ0) is 12.1. The lowest BCUT2D eigenvalue weighted by Gasteiger charge is -2.05. The smallest absolute Gasteiger partial charge is 0.247 e. The van der Waals surface area contributed by atoms with E-state index >= 15 is 0 Å². The first-order chi connectivity index (χ1) is 7.77. The van der Waals surface area contributed by atoms with Gasteiger partial charge in [-0.2, -0.15) is 0 Å². The van der Waals surface area contributed by atoms with Gasteiger partial charge in [-0.05, 0) is 18.0 Å². The van der Waals surface area contributed by atoms with Gasteiger partial charge in [-0.15, -0.1) is 0 Å². The van der Waals surface area contributed by atoms with Crippen LogP contribution in [0.2, 0.25) is 0 Å². The molecule has 5 nitrogen and oxygen atoms in total. The number of ether oxygens (including phenoxy) is 4. The van der Waals surface area contributed by atoms with Gasteiger partial charge in [0.2, 0.25) is 5.24 Å². The Morgan fingerprint density at radius 1 is 0.938 bits per heavy atom. The summed E-state index contributed by atoms with van der Waals surface area (Å²) >= 11 is 5.08. The minimum Gasteiger partial charge on any atom is -0.382 e. The molecule has 0 aliphatic heterocycles. The number of halogens is 1. The van der Waals surface area contributed by atoms with E-state index in [-0.39, 0.29) is 6.61 Å². The molecule has 0 bridgehead atoms. The van der Waals surface area contributed by atoms with E-state index in [1.807, 2.05) is 0 Å². The van der Waals surface area contributed by atoms with E-state index < -0.39 is 5.24 Å². The second-order valence-corrected chi connectivity index (χ2v) is 3.40. The summed E-state index contributed by atoms with van der Waals surface area (Å²) in [5, 5.41) is -0.479. The quantitative estimate of drug-likeness (QED) is 0.382. The molecule has 0 aromatic carbocycles. The van der Waals surface area contributed by atoms with Crippen LogP contribution in [0, 0.1) is 0 Å². The van der Waals surface area contributed by atoms with Crippen molar-refractivity contribution < 1.29 is 23.7 Å². The second-order valence-electron chi connectivity index (χ2n) is 2.98. The molecule has 0 atom stereocenters. The maximum absolute atomic E-state index is 10.3. The first kappa shape index (κ1) is 15.8. The first-order valence-corrected chi connectivity index (χ1v) is 5.55. The van der Waals surface area contributed by atoms with Crippen LogP contribution in [0.3, 0.4) is 0 Å². The Bertz CT molecular complexity index is 165. The van der Waals surface area contributed by atoms with Gasteiger partial charge in [-0.3, -0.25) is 4.79 Å². The van der Waals surface area contributed by atoms with Crippen LogP contribution in [-0.4, -0.2) is 58.6 Å². The molecule has 0 saturated carbocycles.